The molecule has 0 bridgehead atoms. The van der Waals surface area contributed by atoms with Crippen LogP contribution in [0, 0.1) is 6.92 Å². The van der Waals surface area contributed by atoms with Crippen LogP contribution < -0.4 is 9.46 Å². The number of sulfonamides is 1. The maximum absolute atomic E-state index is 12.6. The maximum atomic E-state index is 12.6. The molecule has 0 aromatic heterocycles. The van der Waals surface area contributed by atoms with Gasteiger partial charge in [-0.15, -0.1) is 0 Å². The highest BCUT2D eigenvalue weighted by Crippen LogP contribution is 2.27. The summed E-state index contributed by atoms with van der Waals surface area (Å²) in [4.78, 5) is 0.229. The first-order chi connectivity index (χ1) is 13.0. The Morgan fingerprint density at radius 1 is 0.852 bits per heavy atom. The highest BCUT2D eigenvalue weighted by Gasteiger charge is 2.16. The van der Waals surface area contributed by atoms with Gasteiger partial charge in [-0.05, 0) is 49.6 Å². The Labute approximate surface area is 160 Å². The SMILES string of the molecule is Cc1ccc(S(=O)(=O)Nc2ccccc2OCCCc2ccccc2)cc1. The molecule has 0 aliphatic rings. The summed E-state index contributed by atoms with van der Waals surface area (Å²) in [5.41, 5.74) is 2.71. The van der Waals surface area contributed by atoms with Crippen LogP contribution in [-0.4, -0.2) is 15.0 Å². The molecule has 3 aromatic carbocycles. The lowest BCUT2D eigenvalue weighted by Gasteiger charge is -2.14. The predicted octanol–water partition coefficient (Wildman–Crippen LogP) is 4.81. The van der Waals surface area contributed by atoms with Crippen LogP contribution in [0.1, 0.15) is 17.5 Å². The van der Waals surface area contributed by atoms with Gasteiger partial charge in [-0.1, -0.05) is 60.2 Å². The third kappa shape index (κ3) is 5.34. The number of para-hydroxylation sites is 2. The van der Waals surface area contributed by atoms with Gasteiger partial charge in [0, 0.05) is 0 Å². The van der Waals surface area contributed by atoms with Gasteiger partial charge >= 0.3 is 0 Å². The van der Waals surface area contributed by atoms with Crippen molar-refractivity contribution in [2.45, 2.75) is 24.7 Å². The lowest BCUT2D eigenvalue weighted by atomic mass is 10.1. The molecule has 5 heteroatoms. The van der Waals surface area contributed by atoms with E-state index in [-0.39, 0.29) is 4.90 Å². The minimum absolute atomic E-state index is 0.229. The molecule has 0 fully saturated rings. The van der Waals surface area contributed by atoms with Gasteiger partial charge in [0.25, 0.3) is 10.0 Å². The van der Waals surface area contributed by atoms with Gasteiger partial charge in [-0.2, -0.15) is 0 Å². The van der Waals surface area contributed by atoms with E-state index in [4.69, 9.17) is 4.74 Å². The van der Waals surface area contributed by atoms with Crippen molar-refractivity contribution in [1.82, 2.24) is 0 Å². The summed E-state index contributed by atoms with van der Waals surface area (Å²) >= 11 is 0. The molecule has 0 amide bonds. The quantitative estimate of drug-likeness (QED) is 0.570. The Kier molecular flexibility index (Phi) is 6.14. The lowest BCUT2D eigenvalue weighted by Crippen LogP contribution is -2.14. The first kappa shape index (κ1) is 19.0. The van der Waals surface area contributed by atoms with Gasteiger partial charge in [0.2, 0.25) is 0 Å². The predicted molar refractivity (Wildman–Crippen MR) is 109 cm³/mol. The van der Waals surface area contributed by atoms with E-state index in [0.717, 1.165) is 18.4 Å². The van der Waals surface area contributed by atoms with E-state index in [1.165, 1.54) is 5.56 Å². The van der Waals surface area contributed by atoms with Crippen molar-refractivity contribution in [3.8, 4) is 5.75 Å². The van der Waals surface area contributed by atoms with Gasteiger partial charge in [-0.25, -0.2) is 8.42 Å². The summed E-state index contributed by atoms with van der Waals surface area (Å²) in [7, 11) is -3.66. The normalized spacial score (nSPS) is 11.1. The summed E-state index contributed by atoms with van der Waals surface area (Å²) in [6.07, 6.45) is 1.77. The smallest absolute Gasteiger partial charge is 0.262 e. The Morgan fingerprint density at radius 3 is 2.26 bits per heavy atom. The molecule has 0 saturated carbocycles. The van der Waals surface area contributed by atoms with Crippen molar-refractivity contribution >= 4 is 15.7 Å². The highest BCUT2D eigenvalue weighted by atomic mass is 32.2. The van der Waals surface area contributed by atoms with Gasteiger partial charge in [0.15, 0.2) is 0 Å². The molecule has 0 unspecified atom stereocenters. The Balaban J connectivity index is 1.64. The number of hydrogen-bond acceptors (Lipinski definition) is 3. The first-order valence-corrected chi connectivity index (χ1v) is 10.4. The molecular weight excluding hydrogens is 358 g/mol. The molecule has 0 heterocycles. The minimum Gasteiger partial charge on any atom is -0.491 e. The van der Waals surface area contributed by atoms with Crippen LogP contribution in [0.5, 0.6) is 5.75 Å². The average Bonchev–Trinajstić information content (AvgIpc) is 2.67. The van der Waals surface area contributed by atoms with E-state index < -0.39 is 10.0 Å². The molecule has 27 heavy (non-hydrogen) atoms. The van der Waals surface area contributed by atoms with Gasteiger partial charge in [-0.3, -0.25) is 4.72 Å². The first-order valence-electron chi connectivity index (χ1n) is 8.90. The monoisotopic (exact) mass is 381 g/mol. The fourth-order valence-corrected chi connectivity index (χ4v) is 3.77. The molecule has 0 spiro atoms. The van der Waals surface area contributed by atoms with Crippen LogP contribution in [-0.2, 0) is 16.4 Å². The number of aryl methyl sites for hydroxylation is 2. The summed E-state index contributed by atoms with van der Waals surface area (Å²) in [6, 6.07) is 24.1. The fourth-order valence-electron chi connectivity index (χ4n) is 2.70. The van der Waals surface area contributed by atoms with Gasteiger partial charge in [0.05, 0.1) is 17.2 Å². The van der Waals surface area contributed by atoms with Gasteiger partial charge < -0.3 is 4.74 Å². The summed E-state index contributed by atoms with van der Waals surface area (Å²) in [5.74, 6) is 0.529. The molecule has 0 radical (unpaired) electrons. The molecule has 0 aliphatic carbocycles. The van der Waals surface area contributed by atoms with Crippen LogP contribution in [0.25, 0.3) is 0 Å². The van der Waals surface area contributed by atoms with Crippen molar-refractivity contribution in [3.05, 3.63) is 90.0 Å². The molecular formula is C22H23NO3S. The Morgan fingerprint density at radius 2 is 1.52 bits per heavy atom. The number of benzene rings is 3. The molecule has 140 valence electrons. The molecule has 0 saturated heterocycles. The highest BCUT2D eigenvalue weighted by molar-refractivity contribution is 7.92. The van der Waals surface area contributed by atoms with Crippen LogP contribution in [0.2, 0.25) is 0 Å². The molecule has 4 nitrogen and oxygen atoms in total. The third-order valence-corrected chi connectivity index (χ3v) is 5.55. The molecule has 3 aromatic rings. The van der Waals surface area contributed by atoms with Gasteiger partial charge in [0.1, 0.15) is 5.75 Å². The van der Waals surface area contributed by atoms with Crippen LogP contribution in [0.4, 0.5) is 5.69 Å². The van der Waals surface area contributed by atoms with Crippen molar-refractivity contribution in [2.24, 2.45) is 0 Å². The van der Waals surface area contributed by atoms with E-state index >= 15 is 0 Å². The standard InChI is InChI=1S/C22H23NO3S/c1-18-13-15-20(16-14-18)27(24,25)23-21-11-5-6-12-22(21)26-17-7-10-19-8-3-2-4-9-19/h2-6,8-9,11-16,23H,7,10,17H2,1H3. The molecule has 0 aliphatic heterocycles. The van der Waals surface area contributed by atoms with E-state index in [2.05, 4.69) is 16.9 Å². The van der Waals surface area contributed by atoms with Crippen LogP contribution >= 0.6 is 0 Å². The number of rotatable bonds is 8. The second kappa shape index (κ2) is 8.73. The summed E-state index contributed by atoms with van der Waals surface area (Å²) in [6.45, 7) is 2.43. The lowest BCUT2D eigenvalue weighted by molar-refractivity contribution is 0.312. The number of ether oxygens (including phenoxy) is 1. The van der Waals surface area contributed by atoms with Crippen molar-refractivity contribution < 1.29 is 13.2 Å². The van der Waals surface area contributed by atoms with E-state index in [1.807, 2.05) is 31.2 Å². The fraction of sp³-hybridized carbons (Fsp3) is 0.182. The zero-order valence-corrected chi connectivity index (χ0v) is 16.1. The summed E-state index contributed by atoms with van der Waals surface area (Å²) < 4.78 is 33.7. The maximum Gasteiger partial charge on any atom is 0.262 e. The number of anilines is 1. The summed E-state index contributed by atoms with van der Waals surface area (Å²) in [5, 5.41) is 0. The topological polar surface area (TPSA) is 55.4 Å². The molecule has 3 rings (SSSR count). The zero-order chi connectivity index (χ0) is 19.1. The largest absolute Gasteiger partial charge is 0.491 e. The van der Waals surface area contributed by atoms with E-state index in [0.29, 0.717) is 18.0 Å². The Hall–Kier alpha value is -2.79. The average molecular weight is 381 g/mol. The van der Waals surface area contributed by atoms with E-state index in [9.17, 15) is 8.42 Å². The third-order valence-electron chi connectivity index (χ3n) is 4.17. The number of hydrogen-bond donors (Lipinski definition) is 1. The second-order valence-corrected chi connectivity index (χ2v) is 8.03. The van der Waals surface area contributed by atoms with E-state index in [1.54, 1.807) is 42.5 Å². The number of nitrogens with one attached hydrogen (secondary N) is 1. The van der Waals surface area contributed by atoms with Crippen molar-refractivity contribution in [1.29, 1.82) is 0 Å². The molecule has 0 atom stereocenters. The van der Waals surface area contributed by atoms with Crippen LogP contribution in [0.3, 0.4) is 0 Å². The van der Waals surface area contributed by atoms with Crippen molar-refractivity contribution in [2.75, 3.05) is 11.3 Å². The second-order valence-electron chi connectivity index (χ2n) is 6.35. The Bertz CT molecular complexity index is 968. The zero-order valence-electron chi connectivity index (χ0n) is 15.3. The van der Waals surface area contributed by atoms with Crippen LogP contribution in [0.15, 0.2) is 83.8 Å². The molecule has 1 N–H and O–H groups in total. The van der Waals surface area contributed by atoms with Crippen molar-refractivity contribution in [3.63, 3.8) is 0 Å². The minimum atomic E-state index is -3.66.